The van der Waals surface area contributed by atoms with Crippen molar-refractivity contribution in [3.63, 3.8) is 0 Å². The molecule has 96 valence electrons. The van der Waals surface area contributed by atoms with Crippen molar-refractivity contribution in [1.29, 1.82) is 0 Å². The van der Waals surface area contributed by atoms with Gasteiger partial charge in [0, 0.05) is 23.5 Å². The zero-order valence-corrected chi connectivity index (χ0v) is 10.9. The Morgan fingerprint density at radius 2 is 1.94 bits per heavy atom. The van der Waals surface area contributed by atoms with Gasteiger partial charge in [-0.3, -0.25) is 0 Å². The van der Waals surface area contributed by atoms with Crippen molar-refractivity contribution < 1.29 is 8.78 Å². The van der Waals surface area contributed by atoms with Gasteiger partial charge in [-0.05, 0) is 42.5 Å². The van der Waals surface area contributed by atoms with Crippen LogP contribution < -0.4 is 5.32 Å². The van der Waals surface area contributed by atoms with Crippen LogP contribution in [0.5, 0.6) is 0 Å². The maximum Gasteiger partial charge on any atom is 0.126 e. The molecule has 1 nitrogen and oxygen atoms in total. The van der Waals surface area contributed by atoms with Crippen molar-refractivity contribution in [3.8, 4) is 0 Å². The lowest BCUT2D eigenvalue weighted by atomic mass is 10.1. The number of hydrogen-bond acceptors (Lipinski definition) is 2. The summed E-state index contributed by atoms with van der Waals surface area (Å²) in [7, 11) is 0. The molecule has 0 bridgehead atoms. The maximum absolute atomic E-state index is 13.0. The topological polar surface area (TPSA) is 12.0 Å². The molecule has 0 fully saturated rings. The van der Waals surface area contributed by atoms with Crippen molar-refractivity contribution >= 4 is 11.3 Å². The van der Waals surface area contributed by atoms with Gasteiger partial charge in [0.25, 0.3) is 0 Å². The van der Waals surface area contributed by atoms with E-state index in [4.69, 9.17) is 0 Å². The molecule has 0 aliphatic heterocycles. The van der Waals surface area contributed by atoms with Crippen molar-refractivity contribution in [2.45, 2.75) is 25.9 Å². The van der Waals surface area contributed by atoms with E-state index in [0.29, 0.717) is 12.1 Å². The van der Waals surface area contributed by atoms with Crippen LogP contribution in [-0.4, -0.2) is 6.04 Å². The summed E-state index contributed by atoms with van der Waals surface area (Å²) in [4.78, 5) is 1.31. The van der Waals surface area contributed by atoms with Crippen LogP contribution in [-0.2, 0) is 13.0 Å². The highest BCUT2D eigenvalue weighted by molar-refractivity contribution is 7.09. The molecular formula is C14H15F2NS. The predicted octanol–water partition coefficient (Wildman–Crippen LogP) is 3.75. The van der Waals surface area contributed by atoms with Crippen molar-refractivity contribution in [2.75, 3.05) is 0 Å². The molecule has 1 aromatic heterocycles. The van der Waals surface area contributed by atoms with Gasteiger partial charge in [-0.25, -0.2) is 8.78 Å². The lowest BCUT2D eigenvalue weighted by Crippen LogP contribution is -2.27. The normalized spacial score (nSPS) is 12.6. The highest BCUT2D eigenvalue weighted by Crippen LogP contribution is 2.12. The van der Waals surface area contributed by atoms with Gasteiger partial charge >= 0.3 is 0 Å². The van der Waals surface area contributed by atoms with E-state index in [1.54, 1.807) is 11.3 Å². The van der Waals surface area contributed by atoms with Gasteiger partial charge in [-0.15, -0.1) is 11.3 Å². The molecule has 1 heterocycles. The second-order valence-electron chi connectivity index (χ2n) is 4.34. The highest BCUT2D eigenvalue weighted by atomic mass is 32.1. The first-order valence-corrected chi connectivity index (χ1v) is 6.72. The first-order chi connectivity index (χ1) is 8.63. The highest BCUT2D eigenvalue weighted by Gasteiger charge is 2.05. The molecule has 4 heteroatoms. The number of nitrogens with one attached hydrogen (secondary N) is 1. The minimum Gasteiger partial charge on any atom is -0.310 e. The zero-order chi connectivity index (χ0) is 13.0. The monoisotopic (exact) mass is 267 g/mol. The van der Waals surface area contributed by atoms with Gasteiger partial charge in [-0.2, -0.15) is 0 Å². The largest absolute Gasteiger partial charge is 0.310 e. The minimum atomic E-state index is -0.530. The van der Waals surface area contributed by atoms with E-state index in [9.17, 15) is 8.78 Å². The van der Waals surface area contributed by atoms with E-state index in [2.05, 4.69) is 18.3 Å². The van der Waals surface area contributed by atoms with E-state index in [1.165, 1.54) is 17.0 Å². The molecule has 0 radical (unpaired) electrons. The van der Waals surface area contributed by atoms with Crippen LogP contribution in [0.15, 0.2) is 35.7 Å². The third-order valence-corrected chi connectivity index (χ3v) is 3.56. The summed E-state index contributed by atoms with van der Waals surface area (Å²) in [5.74, 6) is -1.06. The summed E-state index contributed by atoms with van der Waals surface area (Å²) < 4.78 is 26.0. The third-order valence-electron chi connectivity index (χ3n) is 2.66. The fraction of sp³-hybridized carbons (Fsp3) is 0.286. The Morgan fingerprint density at radius 1 is 1.22 bits per heavy atom. The molecule has 0 spiro atoms. The molecule has 0 aliphatic rings. The lowest BCUT2D eigenvalue weighted by Gasteiger charge is -2.13. The number of hydrogen-bond donors (Lipinski definition) is 1. The van der Waals surface area contributed by atoms with Crippen LogP contribution in [0.3, 0.4) is 0 Å². The molecule has 0 amide bonds. The van der Waals surface area contributed by atoms with Crippen molar-refractivity contribution in [2.24, 2.45) is 0 Å². The van der Waals surface area contributed by atoms with Gasteiger partial charge in [0.05, 0.1) is 0 Å². The fourth-order valence-corrected chi connectivity index (χ4v) is 2.64. The summed E-state index contributed by atoms with van der Waals surface area (Å²) in [5, 5.41) is 5.31. The van der Waals surface area contributed by atoms with Crippen LogP contribution >= 0.6 is 11.3 Å². The third kappa shape index (κ3) is 3.89. The number of thiophene rings is 1. The summed E-state index contributed by atoms with van der Waals surface area (Å²) in [5.41, 5.74) is 0.630. The first kappa shape index (κ1) is 13.2. The molecule has 0 saturated carbocycles. The molecule has 2 rings (SSSR count). The van der Waals surface area contributed by atoms with Crippen molar-refractivity contribution in [3.05, 3.63) is 57.8 Å². The Bertz CT molecular complexity index is 476. The van der Waals surface area contributed by atoms with Crippen molar-refractivity contribution in [1.82, 2.24) is 5.32 Å². The van der Waals surface area contributed by atoms with Gasteiger partial charge in [0.15, 0.2) is 0 Å². The molecule has 1 N–H and O–H groups in total. The maximum atomic E-state index is 13.0. The van der Waals surface area contributed by atoms with Crippen LogP contribution in [0.2, 0.25) is 0 Å². The molecular weight excluding hydrogens is 252 g/mol. The molecule has 1 atom stereocenters. The van der Waals surface area contributed by atoms with E-state index in [1.807, 2.05) is 11.4 Å². The summed E-state index contributed by atoms with van der Waals surface area (Å²) >= 11 is 1.72. The fourth-order valence-electron chi connectivity index (χ4n) is 1.81. The van der Waals surface area contributed by atoms with Gasteiger partial charge < -0.3 is 5.32 Å². The predicted molar refractivity (Wildman–Crippen MR) is 70.7 cm³/mol. The van der Waals surface area contributed by atoms with E-state index < -0.39 is 11.6 Å². The van der Waals surface area contributed by atoms with E-state index in [-0.39, 0.29) is 6.04 Å². The number of rotatable bonds is 5. The first-order valence-electron chi connectivity index (χ1n) is 5.84. The quantitative estimate of drug-likeness (QED) is 0.870. The Labute approximate surface area is 109 Å². The molecule has 0 aliphatic carbocycles. The standard InChI is InChI=1S/C14H15F2NS/c1-10(5-14-3-2-4-18-14)17-9-11-6-12(15)8-13(16)7-11/h2-4,6-8,10,17H,5,9H2,1H3. The number of benzene rings is 1. The summed E-state index contributed by atoms with van der Waals surface area (Å²) in [6, 6.07) is 7.98. The van der Waals surface area contributed by atoms with E-state index >= 15 is 0 Å². The Morgan fingerprint density at radius 3 is 2.56 bits per heavy atom. The van der Waals surface area contributed by atoms with E-state index in [0.717, 1.165) is 12.5 Å². The minimum absolute atomic E-state index is 0.273. The summed E-state index contributed by atoms with van der Waals surface area (Å²) in [6.07, 6.45) is 0.926. The molecule has 2 aromatic rings. The average molecular weight is 267 g/mol. The Kier molecular flexibility index (Phi) is 4.44. The second-order valence-corrected chi connectivity index (χ2v) is 5.38. The SMILES string of the molecule is CC(Cc1cccs1)NCc1cc(F)cc(F)c1. The second kappa shape index (κ2) is 6.07. The lowest BCUT2D eigenvalue weighted by molar-refractivity contribution is 0.538. The smallest absolute Gasteiger partial charge is 0.126 e. The molecule has 0 saturated heterocycles. The Balaban J connectivity index is 1.87. The number of halogens is 2. The van der Waals surface area contributed by atoms with Gasteiger partial charge in [-0.1, -0.05) is 6.07 Å². The molecule has 1 unspecified atom stereocenters. The van der Waals surface area contributed by atoms with Crippen LogP contribution in [0.1, 0.15) is 17.4 Å². The van der Waals surface area contributed by atoms with Crippen LogP contribution in [0.4, 0.5) is 8.78 Å². The van der Waals surface area contributed by atoms with Gasteiger partial charge in [0.1, 0.15) is 11.6 Å². The summed E-state index contributed by atoms with van der Waals surface area (Å²) in [6.45, 7) is 2.54. The molecule has 18 heavy (non-hydrogen) atoms. The van der Waals surface area contributed by atoms with Crippen LogP contribution in [0.25, 0.3) is 0 Å². The molecule has 1 aromatic carbocycles. The van der Waals surface area contributed by atoms with Crippen LogP contribution in [0, 0.1) is 11.6 Å². The van der Waals surface area contributed by atoms with Gasteiger partial charge in [0.2, 0.25) is 0 Å². The average Bonchev–Trinajstić information content (AvgIpc) is 2.78. The Hall–Kier alpha value is -1.26. The zero-order valence-electron chi connectivity index (χ0n) is 10.1.